The zero-order valence-electron chi connectivity index (χ0n) is 13.6. The molecule has 2 heterocycles. The summed E-state index contributed by atoms with van der Waals surface area (Å²) in [6.45, 7) is 3.54. The monoisotopic (exact) mass is 312 g/mol. The average molecular weight is 312 g/mol. The zero-order chi connectivity index (χ0) is 16.2. The molecule has 1 saturated heterocycles. The third kappa shape index (κ3) is 3.45. The van der Waals surface area contributed by atoms with Crippen LogP contribution in [0.1, 0.15) is 25.3 Å². The van der Waals surface area contributed by atoms with Crippen molar-refractivity contribution in [1.29, 1.82) is 0 Å². The highest BCUT2D eigenvalue weighted by molar-refractivity contribution is 5.79. The fourth-order valence-corrected chi connectivity index (χ4v) is 3.37. The fraction of sp³-hybridized carbons (Fsp3) is 0.444. The van der Waals surface area contributed by atoms with Crippen molar-refractivity contribution in [3.8, 4) is 5.69 Å². The molecular formula is C18H24N4O. The Balaban J connectivity index is 1.69. The number of piperidine rings is 1. The Morgan fingerprint density at radius 3 is 2.87 bits per heavy atom. The maximum absolute atomic E-state index is 12.7. The van der Waals surface area contributed by atoms with Crippen LogP contribution in [0.4, 0.5) is 0 Å². The number of carbonyl (C=O) groups excluding carboxylic acids is 1. The van der Waals surface area contributed by atoms with Gasteiger partial charge in [-0.25, -0.2) is 4.68 Å². The molecule has 122 valence electrons. The average Bonchev–Trinajstić information content (AvgIpc) is 3.04. The van der Waals surface area contributed by atoms with Crippen molar-refractivity contribution in [1.82, 2.24) is 14.7 Å². The summed E-state index contributed by atoms with van der Waals surface area (Å²) >= 11 is 0. The van der Waals surface area contributed by atoms with Gasteiger partial charge in [0.1, 0.15) is 0 Å². The normalized spacial score (nSPS) is 21.4. The van der Waals surface area contributed by atoms with Gasteiger partial charge in [0.05, 0.1) is 18.3 Å². The van der Waals surface area contributed by atoms with E-state index in [1.165, 1.54) is 0 Å². The molecule has 1 aromatic heterocycles. The van der Waals surface area contributed by atoms with Gasteiger partial charge in [-0.15, -0.1) is 0 Å². The van der Waals surface area contributed by atoms with E-state index in [1.54, 1.807) is 6.20 Å². The maximum Gasteiger partial charge on any atom is 0.227 e. The van der Waals surface area contributed by atoms with Crippen LogP contribution in [-0.4, -0.2) is 39.7 Å². The van der Waals surface area contributed by atoms with Crippen LogP contribution < -0.4 is 5.73 Å². The Morgan fingerprint density at radius 2 is 2.13 bits per heavy atom. The number of amides is 1. The van der Waals surface area contributed by atoms with E-state index >= 15 is 0 Å². The van der Waals surface area contributed by atoms with Crippen LogP contribution in [0.5, 0.6) is 0 Å². The molecule has 5 nitrogen and oxygen atoms in total. The minimum absolute atomic E-state index is 0.152. The first-order valence-electron chi connectivity index (χ1n) is 8.27. The van der Waals surface area contributed by atoms with Gasteiger partial charge in [0.15, 0.2) is 0 Å². The molecule has 1 fully saturated rings. The number of carbonyl (C=O) groups is 1. The predicted molar refractivity (Wildman–Crippen MR) is 90.2 cm³/mol. The van der Waals surface area contributed by atoms with Crippen LogP contribution in [-0.2, 0) is 11.2 Å². The molecule has 23 heavy (non-hydrogen) atoms. The Labute approximate surface area is 137 Å². The zero-order valence-corrected chi connectivity index (χ0v) is 13.6. The van der Waals surface area contributed by atoms with Crippen LogP contribution in [0.25, 0.3) is 5.69 Å². The largest absolute Gasteiger partial charge is 0.338 e. The number of benzene rings is 1. The standard InChI is InChI=1S/C18H24N4O/c1-14-6-5-9-21(17(14)11-19)18(23)10-15-12-20-22(13-15)16-7-3-2-4-8-16/h2-4,7-8,12-14,17H,5-6,9-11,19H2,1H3/t14-,17-/m1/s1. The summed E-state index contributed by atoms with van der Waals surface area (Å²) in [5.74, 6) is 0.629. The highest BCUT2D eigenvalue weighted by Gasteiger charge is 2.30. The number of nitrogens with zero attached hydrogens (tertiary/aromatic N) is 3. The molecule has 1 aromatic carbocycles. The predicted octanol–water partition coefficient (Wildman–Crippen LogP) is 2.00. The first-order chi connectivity index (χ1) is 11.2. The molecule has 0 radical (unpaired) electrons. The number of likely N-dealkylation sites (tertiary alicyclic amines) is 1. The third-order valence-electron chi connectivity index (χ3n) is 4.69. The quantitative estimate of drug-likeness (QED) is 0.939. The Bertz CT molecular complexity index is 652. The van der Waals surface area contributed by atoms with Crippen molar-refractivity contribution in [2.75, 3.05) is 13.1 Å². The van der Waals surface area contributed by atoms with E-state index in [0.29, 0.717) is 18.9 Å². The van der Waals surface area contributed by atoms with E-state index in [2.05, 4.69) is 12.0 Å². The van der Waals surface area contributed by atoms with E-state index in [0.717, 1.165) is 30.6 Å². The molecular weight excluding hydrogens is 288 g/mol. The topological polar surface area (TPSA) is 64.2 Å². The Hall–Kier alpha value is -2.14. The van der Waals surface area contributed by atoms with Gasteiger partial charge < -0.3 is 10.6 Å². The molecule has 2 N–H and O–H groups in total. The van der Waals surface area contributed by atoms with Crippen molar-refractivity contribution in [2.24, 2.45) is 11.7 Å². The molecule has 3 rings (SSSR count). The summed E-state index contributed by atoms with van der Waals surface area (Å²) in [5.41, 5.74) is 7.82. The lowest BCUT2D eigenvalue weighted by atomic mass is 9.90. The number of hydrogen-bond acceptors (Lipinski definition) is 3. The maximum atomic E-state index is 12.7. The number of nitrogens with two attached hydrogens (primary N) is 1. The summed E-state index contributed by atoms with van der Waals surface area (Å²) in [5, 5.41) is 4.36. The van der Waals surface area contributed by atoms with E-state index in [9.17, 15) is 4.79 Å². The van der Waals surface area contributed by atoms with Crippen LogP contribution in [0.2, 0.25) is 0 Å². The summed E-state index contributed by atoms with van der Waals surface area (Å²) in [6.07, 6.45) is 6.30. The van der Waals surface area contributed by atoms with Crippen LogP contribution in [0.15, 0.2) is 42.7 Å². The minimum Gasteiger partial charge on any atom is -0.338 e. The molecule has 2 atom stereocenters. The first kappa shape index (κ1) is 15.7. The molecule has 0 bridgehead atoms. The lowest BCUT2D eigenvalue weighted by Gasteiger charge is -2.39. The second kappa shape index (κ2) is 6.96. The number of para-hydroxylation sites is 1. The van der Waals surface area contributed by atoms with Crippen molar-refractivity contribution < 1.29 is 4.79 Å². The molecule has 1 aliphatic rings. The van der Waals surface area contributed by atoms with Gasteiger partial charge in [-0.3, -0.25) is 4.79 Å². The second-order valence-electron chi connectivity index (χ2n) is 6.32. The van der Waals surface area contributed by atoms with Crippen molar-refractivity contribution in [2.45, 2.75) is 32.2 Å². The molecule has 0 aliphatic carbocycles. The van der Waals surface area contributed by atoms with Gasteiger partial charge >= 0.3 is 0 Å². The summed E-state index contributed by atoms with van der Waals surface area (Å²) in [6, 6.07) is 10.1. The van der Waals surface area contributed by atoms with E-state index in [-0.39, 0.29) is 11.9 Å². The SMILES string of the molecule is C[C@@H]1CCCN(C(=O)Cc2cnn(-c3ccccc3)c2)[C@@H]1CN. The van der Waals surface area contributed by atoms with E-state index in [1.807, 2.05) is 46.1 Å². The Kier molecular flexibility index (Phi) is 4.76. The van der Waals surface area contributed by atoms with Crippen LogP contribution >= 0.6 is 0 Å². The highest BCUT2D eigenvalue weighted by atomic mass is 16.2. The lowest BCUT2D eigenvalue weighted by molar-refractivity contribution is -0.135. The van der Waals surface area contributed by atoms with Gasteiger partial charge in [-0.2, -0.15) is 5.10 Å². The minimum atomic E-state index is 0.152. The van der Waals surface area contributed by atoms with Crippen molar-refractivity contribution in [3.05, 3.63) is 48.3 Å². The molecule has 2 aromatic rings. The highest BCUT2D eigenvalue weighted by Crippen LogP contribution is 2.23. The van der Waals surface area contributed by atoms with Gasteiger partial charge in [0.2, 0.25) is 5.91 Å². The van der Waals surface area contributed by atoms with Crippen molar-refractivity contribution >= 4 is 5.91 Å². The van der Waals surface area contributed by atoms with E-state index in [4.69, 9.17) is 5.73 Å². The summed E-state index contributed by atoms with van der Waals surface area (Å²) < 4.78 is 1.81. The van der Waals surface area contributed by atoms with E-state index < -0.39 is 0 Å². The molecule has 0 unspecified atom stereocenters. The molecule has 5 heteroatoms. The third-order valence-corrected chi connectivity index (χ3v) is 4.69. The van der Waals surface area contributed by atoms with Crippen LogP contribution in [0, 0.1) is 5.92 Å². The smallest absolute Gasteiger partial charge is 0.227 e. The van der Waals surface area contributed by atoms with Gasteiger partial charge in [0.25, 0.3) is 0 Å². The molecule has 1 amide bonds. The van der Waals surface area contributed by atoms with Gasteiger partial charge in [-0.05, 0) is 36.5 Å². The molecule has 0 spiro atoms. The number of hydrogen-bond donors (Lipinski definition) is 1. The molecule has 0 saturated carbocycles. The second-order valence-corrected chi connectivity index (χ2v) is 6.32. The number of aromatic nitrogens is 2. The van der Waals surface area contributed by atoms with Gasteiger partial charge in [0, 0.05) is 25.3 Å². The number of rotatable bonds is 4. The summed E-state index contributed by atoms with van der Waals surface area (Å²) in [7, 11) is 0. The van der Waals surface area contributed by atoms with Gasteiger partial charge in [-0.1, -0.05) is 25.1 Å². The summed E-state index contributed by atoms with van der Waals surface area (Å²) in [4.78, 5) is 14.6. The van der Waals surface area contributed by atoms with Crippen LogP contribution in [0.3, 0.4) is 0 Å². The molecule has 1 aliphatic heterocycles. The Morgan fingerprint density at radius 1 is 1.35 bits per heavy atom. The van der Waals surface area contributed by atoms with Crippen molar-refractivity contribution in [3.63, 3.8) is 0 Å². The first-order valence-corrected chi connectivity index (χ1v) is 8.27. The fourth-order valence-electron chi connectivity index (χ4n) is 3.37. The lowest BCUT2D eigenvalue weighted by Crippen LogP contribution is -2.51.